The van der Waals surface area contributed by atoms with Crippen LogP contribution >= 0.6 is 12.6 Å². The van der Waals surface area contributed by atoms with Gasteiger partial charge in [0.1, 0.15) is 0 Å². The van der Waals surface area contributed by atoms with Gasteiger partial charge in [-0.25, -0.2) is 0 Å². The van der Waals surface area contributed by atoms with Gasteiger partial charge in [-0.15, -0.1) is 12.6 Å². The molecule has 118 valence electrons. The molecule has 1 aliphatic rings. The molecule has 1 N–H and O–H groups in total. The molecule has 0 aromatic heterocycles. The predicted octanol–water partition coefficient (Wildman–Crippen LogP) is 4.13. The number of nitrogens with one attached hydrogen (secondary N) is 1. The van der Waals surface area contributed by atoms with E-state index in [0.29, 0.717) is 17.0 Å². The third-order valence-electron chi connectivity index (χ3n) is 4.43. The molecular weight excluding hydrogens is 306 g/mol. The lowest BCUT2D eigenvalue weighted by Gasteiger charge is -2.19. The first-order valence-electron chi connectivity index (χ1n) is 7.71. The average Bonchev–Trinajstić information content (AvgIpc) is 2.81. The highest BCUT2D eigenvalue weighted by Crippen LogP contribution is 2.36. The van der Waals surface area contributed by atoms with Crippen molar-refractivity contribution in [3.8, 4) is 0 Å². The topological polar surface area (TPSA) is 46.2 Å². The van der Waals surface area contributed by atoms with Gasteiger partial charge in [0.05, 0.1) is 11.1 Å². The van der Waals surface area contributed by atoms with Gasteiger partial charge in [-0.05, 0) is 34.7 Å². The number of hydrogen-bond acceptors (Lipinski definition) is 3. The van der Waals surface area contributed by atoms with Crippen LogP contribution in [0, 0.1) is 0 Å². The second-order valence-corrected chi connectivity index (χ2v) is 6.73. The van der Waals surface area contributed by atoms with Crippen LogP contribution in [0.2, 0.25) is 0 Å². The summed E-state index contributed by atoms with van der Waals surface area (Å²) in [5.41, 5.74) is 4.09. The third-order valence-corrected chi connectivity index (χ3v) is 4.82. The molecule has 1 aliphatic heterocycles. The van der Waals surface area contributed by atoms with Crippen molar-refractivity contribution in [3.05, 3.63) is 64.2 Å². The summed E-state index contributed by atoms with van der Waals surface area (Å²) in [6, 6.07) is 11.8. The lowest BCUT2D eigenvalue weighted by molar-refractivity contribution is 0.0879. The molecule has 1 unspecified atom stereocenters. The van der Waals surface area contributed by atoms with Crippen LogP contribution in [0.1, 0.15) is 70.0 Å². The molecular formula is C19H19NO2S. The zero-order valence-electron chi connectivity index (χ0n) is 13.4. The highest BCUT2D eigenvalue weighted by Gasteiger charge is 2.32. The fourth-order valence-corrected chi connectivity index (χ4v) is 3.45. The van der Waals surface area contributed by atoms with E-state index in [2.05, 4.69) is 50.0 Å². The summed E-state index contributed by atoms with van der Waals surface area (Å²) in [5, 5.41) is 2.37. The van der Waals surface area contributed by atoms with Crippen LogP contribution in [0.4, 0.5) is 0 Å². The largest absolute Gasteiger partial charge is 0.288 e. The van der Waals surface area contributed by atoms with E-state index >= 15 is 0 Å². The maximum atomic E-state index is 12.2. The molecule has 3 nitrogen and oxygen atoms in total. The minimum Gasteiger partial charge on any atom is -0.288 e. The van der Waals surface area contributed by atoms with Gasteiger partial charge in [0.25, 0.3) is 11.8 Å². The third kappa shape index (κ3) is 2.68. The van der Waals surface area contributed by atoms with E-state index in [0.717, 1.165) is 16.0 Å². The molecule has 3 rings (SSSR count). The number of carbonyl (C=O) groups is 2. The second kappa shape index (κ2) is 5.85. The van der Waals surface area contributed by atoms with Crippen molar-refractivity contribution in [2.75, 3.05) is 0 Å². The summed E-state index contributed by atoms with van der Waals surface area (Å²) in [6.45, 7) is 6.35. The number of thiol groups is 1. The summed E-state index contributed by atoms with van der Waals surface area (Å²) in [7, 11) is 0. The number of rotatable bonds is 3. The molecule has 2 aromatic carbocycles. The van der Waals surface area contributed by atoms with Crippen molar-refractivity contribution >= 4 is 24.4 Å². The summed E-state index contributed by atoms with van der Waals surface area (Å²) in [4.78, 5) is 24.8. The highest BCUT2D eigenvalue weighted by atomic mass is 32.1. The van der Waals surface area contributed by atoms with Crippen LogP contribution in [0.5, 0.6) is 0 Å². The fraction of sp³-hybridized carbons (Fsp3) is 0.263. The van der Waals surface area contributed by atoms with E-state index in [1.165, 1.54) is 5.56 Å². The first-order valence-corrected chi connectivity index (χ1v) is 8.16. The predicted molar refractivity (Wildman–Crippen MR) is 93.5 cm³/mol. The molecule has 0 saturated carbocycles. The summed E-state index contributed by atoms with van der Waals surface area (Å²) < 4.78 is 0. The van der Waals surface area contributed by atoms with Gasteiger partial charge in [-0.1, -0.05) is 45.0 Å². The fourth-order valence-electron chi connectivity index (χ4n) is 3.07. The van der Waals surface area contributed by atoms with Crippen LogP contribution in [0.15, 0.2) is 41.3 Å². The van der Waals surface area contributed by atoms with E-state index in [9.17, 15) is 9.59 Å². The number of benzene rings is 2. The molecule has 0 spiro atoms. The molecule has 0 aliphatic carbocycles. The molecule has 0 fully saturated rings. The van der Waals surface area contributed by atoms with Crippen LogP contribution in [0.25, 0.3) is 0 Å². The first-order chi connectivity index (χ1) is 10.9. The second-order valence-electron chi connectivity index (χ2n) is 6.25. The molecule has 23 heavy (non-hydrogen) atoms. The Bertz CT molecular complexity index is 811. The Morgan fingerprint density at radius 1 is 0.957 bits per heavy atom. The van der Waals surface area contributed by atoms with Crippen molar-refractivity contribution in [2.24, 2.45) is 0 Å². The Kier molecular flexibility index (Phi) is 4.02. The van der Waals surface area contributed by atoms with Crippen molar-refractivity contribution in [1.82, 2.24) is 5.32 Å². The van der Waals surface area contributed by atoms with Gasteiger partial charge in [-0.3, -0.25) is 14.9 Å². The molecule has 2 amide bonds. The van der Waals surface area contributed by atoms with E-state index in [4.69, 9.17) is 0 Å². The average molecular weight is 325 g/mol. The van der Waals surface area contributed by atoms with Crippen molar-refractivity contribution in [3.63, 3.8) is 0 Å². The van der Waals surface area contributed by atoms with E-state index in [-0.39, 0.29) is 17.7 Å². The van der Waals surface area contributed by atoms with Crippen molar-refractivity contribution < 1.29 is 9.59 Å². The SMILES string of the molecule is CC(C)c1cccc(C(C)c2c(S)ccc3c2C(=O)NC3=O)c1. The Balaban J connectivity index is 2.14. The number of fused-ring (bicyclic) bond motifs is 1. The zero-order chi connectivity index (χ0) is 16.7. The van der Waals surface area contributed by atoms with Gasteiger partial charge in [-0.2, -0.15) is 0 Å². The maximum absolute atomic E-state index is 12.2. The van der Waals surface area contributed by atoms with Crippen LogP contribution in [-0.4, -0.2) is 11.8 Å². The van der Waals surface area contributed by atoms with E-state index in [1.807, 2.05) is 13.0 Å². The Morgan fingerprint density at radius 2 is 1.65 bits per heavy atom. The molecule has 1 heterocycles. The minimum atomic E-state index is -0.331. The standard InChI is InChI=1S/C19H19NO2S/c1-10(2)12-5-4-6-13(9-12)11(3)16-15(23)8-7-14-17(16)19(22)20-18(14)21/h4-11,23H,1-3H3,(H,20,21,22). The zero-order valence-corrected chi connectivity index (χ0v) is 14.3. The van der Waals surface area contributed by atoms with Gasteiger partial charge >= 0.3 is 0 Å². The lowest BCUT2D eigenvalue weighted by atomic mass is 9.86. The molecule has 0 saturated heterocycles. The van der Waals surface area contributed by atoms with Gasteiger partial charge < -0.3 is 0 Å². The molecule has 4 heteroatoms. The Labute approximate surface area is 141 Å². The number of imide groups is 1. The van der Waals surface area contributed by atoms with Crippen LogP contribution in [-0.2, 0) is 0 Å². The molecule has 1 atom stereocenters. The molecule has 0 radical (unpaired) electrons. The molecule has 0 bridgehead atoms. The summed E-state index contributed by atoms with van der Waals surface area (Å²) in [6.07, 6.45) is 0. The highest BCUT2D eigenvalue weighted by molar-refractivity contribution is 7.80. The maximum Gasteiger partial charge on any atom is 0.259 e. The number of carbonyl (C=O) groups excluding carboxylic acids is 2. The smallest absolute Gasteiger partial charge is 0.259 e. The van der Waals surface area contributed by atoms with Gasteiger partial charge in [0, 0.05) is 10.8 Å². The van der Waals surface area contributed by atoms with Gasteiger partial charge in [0.2, 0.25) is 0 Å². The summed E-state index contributed by atoms with van der Waals surface area (Å²) >= 11 is 4.53. The van der Waals surface area contributed by atoms with Crippen molar-refractivity contribution in [2.45, 2.75) is 37.5 Å². The van der Waals surface area contributed by atoms with Crippen LogP contribution in [0.3, 0.4) is 0 Å². The van der Waals surface area contributed by atoms with E-state index < -0.39 is 0 Å². The van der Waals surface area contributed by atoms with Gasteiger partial charge in [0.15, 0.2) is 0 Å². The summed E-state index contributed by atoms with van der Waals surface area (Å²) in [5.74, 6) is -0.248. The number of hydrogen-bond donors (Lipinski definition) is 2. The quantitative estimate of drug-likeness (QED) is 0.658. The Hall–Kier alpha value is -2.07. The molecule has 2 aromatic rings. The normalized spacial score (nSPS) is 14.8. The van der Waals surface area contributed by atoms with Crippen LogP contribution < -0.4 is 5.32 Å². The van der Waals surface area contributed by atoms with Crippen molar-refractivity contribution in [1.29, 1.82) is 0 Å². The first kappa shape index (κ1) is 15.8. The van der Waals surface area contributed by atoms with E-state index in [1.54, 1.807) is 12.1 Å². The minimum absolute atomic E-state index is 0.0206. The number of amides is 2. The lowest BCUT2D eigenvalue weighted by Crippen LogP contribution is -2.20. The monoisotopic (exact) mass is 325 g/mol. The Morgan fingerprint density at radius 3 is 2.35 bits per heavy atom.